The third-order valence-electron chi connectivity index (χ3n) is 5.14. The van der Waals surface area contributed by atoms with Crippen LogP contribution in [0.1, 0.15) is 23.6 Å². The van der Waals surface area contributed by atoms with Gasteiger partial charge < -0.3 is 19.3 Å². The summed E-state index contributed by atoms with van der Waals surface area (Å²) in [5.41, 5.74) is -5.89. The van der Waals surface area contributed by atoms with Crippen molar-refractivity contribution in [3.05, 3.63) is 71.3 Å². The first kappa shape index (κ1) is 21.8. The number of benzene rings is 2. The Morgan fingerprint density at radius 2 is 1.73 bits per heavy atom. The van der Waals surface area contributed by atoms with Crippen molar-refractivity contribution >= 4 is 11.9 Å². The van der Waals surface area contributed by atoms with Crippen molar-refractivity contribution in [2.75, 3.05) is 7.11 Å². The predicted octanol–water partition coefficient (Wildman–Crippen LogP) is 2.97. The highest BCUT2D eigenvalue weighted by Crippen LogP contribution is 2.44. The molecule has 0 radical (unpaired) electrons. The summed E-state index contributed by atoms with van der Waals surface area (Å²) < 4.78 is 56.8. The Morgan fingerprint density at radius 1 is 1.13 bits per heavy atom. The van der Waals surface area contributed by atoms with Crippen LogP contribution in [0.15, 0.2) is 54.6 Å². The fraction of sp³-hybridized carbons (Fsp3) is 0.333. The average molecular weight is 424 g/mol. The van der Waals surface area contributed by atoms with E-state index in [0.717, 1.165) is 26.2 Å². The number of halogens is 3. The highest BCUT2D eigenvalue weighted by molar-refractivity contribution is 5.86. The Morgan fingerprint density at radius 3 is 2.33 bits per heavy atom. The first-order valence-corrected chi connectivity index (χ1v) is 8.95. The third kappa shape index (κ3) is 3.23. The molecule has 2 aromatic carbocycles. The number of cyclic esters (lactones) is 1. The lowest BCUT2D eigenvalue weighted by Crippen LogP contribution is -2.56. The normalized spacial score (nSPS) is 21.7. The largest absolute Gasteiger partial charge is 0.458 e. The molecule has 0 saturated carbocycles. The van der Waals surface area contributed by atoms with Crippen molar-refractivity contribution in [2.24, 2.45) is 0 Å². The zero-order valence-corrected chi connectivity index (χ0v) is 16.1. The molecular weight excluding hydrogens is 405 g/mol. The summed E-state index contributed by atoms with van der Waals surface area (Å²) >= 11 is 0. The van der Waals surface area contributed by atoms with Crippen LogP contribution in [-0.4, -0.2) is 36.4 Å². The Labute approximate surface area is 170 Å². The van der Waals surface area contributed by atoms with Crippen LogP contribution >= 0.6 is 0 Å². The zero-order valence-electron chi connectivity index (χ0n) is 16.1. The van der Waals surface area contributed by atoms with Gasteiger partial charge in [-0.15, -0.1) is 0 Å². The average Bonchev–Trinajstić information content (AvgIpc) is 2.71. The van der Waals surface area contributed by atoms with Gasteiger partial charge in [-0.05, 0) is 12.5 Å². The number of hydrogen-bond acceptors (Lipinski definition) is 6. The molecule has 2 aromatic rings. The van der Waals surface area contributed by atoms with Crippen LogP contribution in [0.2, 0.25) is 0 Å². The molecule has 1 unspecified atom stereocenters. The molecule has 0 aliphatic carbocycles. The second kappa shape index (κ2) is 7.73. The van der Waals surface area contributed by atoms with Crippen LogP contribution in [0.3, 0.4) is 0 Å². The van der Waals surface area contributed by atoms with E-state index in [4.69, 9.17) is 9.47 Å². The molecule has 0 bridgehead atoms. The first-order chi connectivity index (χ1) is 14.1. The Bertz CT molecular complexity index is 945. The van der Waals surface area contributed by atoms with Crippen LogP contribution in [0.25, 0.3) is 0 Å². The highest BCUT2D eigenvalue weighted by Gasteiger charge is 2.65. The van der Waals surface area contributed by atoms with E-state index in [1.807, 2.05) is 0 Å². The molecule has 3 rings (SSSR count). The van der Waals surface area contributed by atoms with Crippen molar-refractivity contribution in [2.45, 2.75) is 37.0 Å². The molecule has 160 valence electrons. The summed E-state index contributed by atoms with van der Waals surface area (Å²) in [5, 5.41) is 11.0. The van der Waals surface area contributed by atoms with E-state index >= 15 is 0 Å². The number of rotatable bonds is 5. The number of alkyl halides is 3. The predicted molar refractivity (Wildman–Crippen MR) is 96.9 cm³/mol. The van der Waals surface area contributed by atoms with Crippen molar-refractivity contribution < 1.29 is 42.1 Å². The molecule has 3 atom stereocenters. The minimum atomic E-state index is -5.19. The molecule has 6 nitrogen and oxygen atoms in total. The van der Waals surface area contributed by atoms with E-state index in [1.54, 1.807) is 12.1 Å². The van der Waals surface area contributed by atoms with Crippen LogP contribution in [0.5, 0.6) is 0 Å². The lowest BCUT2D eigenvalue weighted by molar-refractivity contribution is -0.281. The van der Waals surface area contributed by atoms with E-state index in [2.05, 4.69) is 4.74 Å². The fourth-order valence-corrected chi connectivity index (χ4v) is 3.48. The van der Waals surface area contributed by atoms with E-state index < -0.39 is 41.0 Å². The summed E-state index contributed by atoms with van der Waals surface area (Å²) in [6.07, 6.45) is -6.90. The molecule has 1 aliphatic rings. The maximum Gasteiger partial charge on any atom is 0.432 e. The Balaban J connectivity index is 2.02. The van der Waals surface area contributed by atoms with Crippen molar-refractivity contribution in [3.8, 4) is 0 Å². The Hall–Kier alpha value is -2.91. The molecule has 0 fully saturated rings. The minimum absolute atomic E-state index is 0.0938. The number of ether oxygens (including phenoxy) is 3. The molecule has 30 heavy (non-hydrogen) atoms. The molecule has 0 spiro atoms. The second-order valence-electron chi connectivity index (χ2n) is 6.80. The minimum Gasteiger partial charge on any atom is -0.458 e. The molecule has 0 amide bonds. The van der Waals surface area contributed by atoms with Crippen LogP contribution in [-0.2, 0) is 41.6 Å². The Kier molecular flexibility index (Phi) is 5.62. The van der Waals surface area contributed by atoms with Gasteiger partial charge in [-0.25, -0.2) is 9.59 Å². The third-order valence-corrected chi connectivity index (χ3v) is 5.14. The summed E-state index contributed by atoms with van der Waals surface area (Å²) in [7, 11) is 0.727. The fourth-order valence-electron chi connectivity index (χ4n) is 3.48. The van der Waals surface area contributed by atoms with E-state index in [-0.39, 0.29) is 12.2 Å². The maximum absolute atomic E-state index is 14.0. The highest BCUT2D eigenvalue weighted by atomic mass is 19.4. The van der Waals surface area contributed by atoms with Crippen molar-refractivity contribution in [1.82, 2.24) is 0 Å². The molecule has 0 aromatic heterocycles. The van der Waals surface area contributed by atoms with Crippen molar-refractivity contribution in [3.63, 3.8) is 0 Å². The molecule has 1 N–H and O–H groups in total. The second-order valence-corrected chi connectivity index (χ2v) is 6.80. The number of aliphatic hydroxyl groups is 1. The number of carbonyl (C=O) groups is 2. The molecule has 9 heteroatoms. The quantitative estimate of drug-likeness (QED) is 0.744. The summed E-state index contributed by atoms with van der Waals surface area (Å²) in [5.74, 6) is -2.95. The van der Waals surface area contributed by atoms with Gasteiger partial charge in [0, 0.05) is 18.2 Å². The lowest BCUT2D eigenvalue weighted by atomic mass is 9.83. The topological polar surface area (TPSA) is 82.1 Å². The summed E-state index contributed by atoms with van der Waals surface area (Å²) in [6.45, 7) is 0.996. The number of carbonyl (C=O) groups excluding carboxylic acids is 2. The molecule has 1 aliphatic heterocycles. The van der Waals surface area contributed by atoms with E-state index in [9.17, 15) is 27.9 Å². The smallest absolute Gasteiger partial charge is 0.432 e. The SMILES string of the molecule is COC(C(=O)O[C@H](C)[C@]1(O)C(=O)OCc2ccccc21)(c1ccccc1)C(F)(F)F. The molecule has 1 heterocycles. The zero-order chi connectivity index (χ0) is 22.2. The van der Waals surface area contributed by atoms with Crippen LogP contribution in [0.4, 0.5) is 13.2 Å². The van der Waals surface area contributed by atoms with Gasteiger partial charge in [0.15, 0.2) is 0 Å². The molecular formula is C21H19F3O6. The number of hydrogen-bond donors (Lipinski definition) is 1. The van der Waals surface area contributed by atoms with Gasteiger partial charge in [0.1, 0.15) is 12.7 Å². The van der Waals surface area contributed by atoms with Gasteiger partial charge in [-0.3, -0.25) is 0 Å². The maximum atomic E-state index is 14.0. The monoisotopic (exact) mass is 424 g/mol. The first-order valence-electron chi connectivity index (χ1n) is 8.95. The van der Waals surface area contributed by atoms with Gasteiger partial charge in [0.25, 0.3) is 5.60 Å². The lowest BCUT2D eigenvalue weighted by Gasteiger charge is -2.38. The summed E-state index contributed by atoms with van der Waals surface area (Å²) in [4.78, 5) is 25.2. The van der Waals surface area contributed by atoms with Gasteiger partial charge in [-0.1, -0.05) is 54.6 Å². The van der Waals surface area contributed by atoms with E-state index in [1.165, 1.54) is 30.3 Å². The number of esters is 2. The van der Waals surface area contributed by atoms with Gasteiger partial charge in [0.05, 0.1) is 0 Å². The van der Waals surface area contributed by atoms with Crippen LogP contribution in [0, 0.1) is 0 Å². The van der Waals surface area contributed by atoms with Gasteiger partial charge in [-0.2, -0.15) is 13.2 Å². The number of methoxy groups -OCH3 is 1. The molecule has 0 saturated heterocycles. The summed E-state index contributed by atoms with van der Waals surface area (Å²) in [6, 6.07) is 12.4. The van der Waals surface area contributed by atoms with Crippen molar-refractivity contribution in [1.29, 1.82) is 0 Å². The number of fused-ring (bicyclic) bond motifs is 1. The van der Waals surface area contributed by atoms with Gasteiger partial charge >= 0.3 is 18.1 Å². The van der Waals surface area contributed by atoms with E-state index in [0.29, 0.717) is 5.56 Å². The van der Waals surface area contributed by atoms with Gasteiger partial charge in [0.2, 0.25) is 5.60 Å². The standard InChI is InChI=1S/C21H19F3O6/c1-13(19(27)16-11-7-6-8-14(16)12-29-17(19)25)30-18(26)20(28-2,21(22,23)24)15-9-4-3-5-10-15/h3-11,13,27H,12H2,1-2H3/t13-,19-,20?/m1/s1. The van der Waals surface area contributed by atoms with Crippen LogP contribution < -0.4 is 0 Å².